The van der Waals surface area contributed by atoms with E-state index in [9.17, 15) is 9.90 Å². The maximum atomic E-state index is 11.8. The summed E-state index contributed by atoms with van der Waals surface area (Å²) >= 11 is 0. The molecule has 0 aliphatic heterocycles. The average Bonchev–Trinajstić information content (AvgIpc) is 2.62. The monoisotopic (exact) mass is 393 g/mol. The Kier molecular flexibility index (Phi) is 8.74. The van der Waals surface area contributed by atoms with Crippen molar-refractivity contribution in [3.05, 3.63) is 48.3 Å². The van der Waals surface area contributed by atoms with Crippen LogP contribution in [0.15, 0.2) is 52.9 Å². The molecule has 0 N–H and O–H groups in total. The highest BCUT2D eigenvalue weighted by Crippen LogP contribution is 2.38. The van der Waals surface area contributed by atoms with Crippen molar-refractivity contribution in [2.45, 2.75) is 13.5 Å². The third kappa shape index (κ3) is 6.59. The third-order valence-corrected chi connectivity index (χ3v) is 3.20. The van der Waals surface area contributed by atoms with E-state index in [1.54, 1.807) is 29.1 Å². The Labute approximate surface area is 163 Å². The van der Waals surface area contributed by atoms with Crippen LogP contribution in [0.3, 0.4) is 0 Å². The number of ether oxygens (including phenoxy) is 3. The number of aromatic nitrogens is 1. The van der Waals surface area contributed by atoms with Gasteiger partial charge in [-0.05, 0) is 12.1 Å². The second-order valence-electron chi connectivity index (χ2n) is 5.13. The van der Waals surface area contributed by atoms with Crippen LogP contribution in [0, 0.1) is 0 Å². The molecular weight excluding hydrogens is 374 g/mol. The molecule has 0 aliphatic carbocycles. The molecule has 1 aromatic heterocycles. The summed E-state index contributed by atoms with van der Waals surface area (Å²) in [5.41, 5.74) is 0.568. The van der Waals surface area contributed by atoms with Gasteiger partial charge in [-0.15, -0.1) is 12.4 Å². The van der Waals surface area contributed by atoms with E-state index in [1.165, 1.54) is 27.4 Å². The van der Waals surface area contributed by atoms with E-state index in [-0.39, 0.29) is 24.7 Å². The van der Waals surface area contributed by atoms with Crippen LogP contribution >= 0.6 is 12.4 Å². The Morgan fingerprint density at radius 1 is 1.15 bits per heavy atom. The van der Waals surface area contributed by atoms with Crippen LogP contribution in [0.4, 0.5) is 0 Å². The minimum absolute atomic E-state index is 0. The van der Waals surface area contributed by atoms with Gasteiger partial charge in [0.2, 0.25) is 5.75 Å². The molecule has 2 rings (SSSR count). The van der Waals surface area contributed by atoms with Crippen molar-refractivity contribution in [3.63, 3.8) is 0 Å². The third-order valence-electron chi connectivity index (χ3n) is 3.20. The van der Waals surface area contributed by atoms with Gasteiger partial charge in [0, 0.05) is 24.6 Å². The summed E-state index contributed by atoms with van der Waals surface area (Å²) in [5.74, 6) is -0.123. The van der Waals surface area contributed by atoms with Gasteiger partial charge >= 0.3 is 5.97 Å². The highest BCUT2D eigenvalue weighted by molar-refractivity contribution is 5.85. The zero-order valence-corrected chi connectivity index (χ0v) is 15.9. The number of carbonyl (C=O) groups is 1. The number of halogens is 1. The van der Waals surface area contributed by atoms with E-state index < -0.39 is 11.9 Å². The van der Waals surface area contributed by atoms with Gasteiger partial charge in [-0.1, -0.05) is 6.07 Å². The maximum absolute atomic E-state index is 11.8. The normalized spacial score (nSPS) is 11.0. The second kappa shape index (κ2) is 10.8. The molecular formula is C18H20ClN3O5. The Hall–Kier alpha value is -3.13. The fourth-order valence-electron chi connectivity index (χ4n) is 2.11. The molecule has 0 saturated carbocycles. The Bertz CT molecular complexity index is 800. The summed E-state index contributed by atoms with van der Waals surface area (Å²) in [7, 11) is 2.88. The highest BCUT2D eigenvalue weighted by atomic mass is 35.5. The van der Waals surface area contributed by atoms with Gasteiger partial charge in [0.05, 0.1) is 26.3 Å². The number of hydrogen-bond donors (Lipinski definition) is 0. The van der Waals surface area contributed by atoms with Gasteiger partial charge in [0.15, 0.2) is 30.4 Å². The minimum atomic E-state index is -0.498. The molecule has 1 heterocycles. The van der Waals surface area contributed by atoms with Crippen LogP contribution in [-0.2, 0) is 11.3 Å². The Balaban J connectivity index is 0.00000364. The van der Waals surface area contributed by atoms with Gasteiger partial charge in [-0.25, -0.2) is 4.57 Å². The number of esters is 1. The van der Waals surface area contributed by atoms with Crippen LogP contribution in [0.5, 0.6) is 17.2 Å². The first kappa shape index (κ1) is 21.9. The van der Waals surface area contributed by atoms with Crippen molar-refractivity contribution in [3.8, 4) is 17.2 Å². The SMILES string of the molecule is COc1cc(/C=N/N=C([O-])C[n+]2ccccc2)cc(OC)c1OC(C)=O.Cl. The van der Waals surface area contributed by atoms with Gasteiger partial charge in [-0.2, -0.15) is 10.2 Å². The summed E-state index contributed by atoms with van der Waals surface area (Å²) < 4.78 is 17.2. The van der Waals surface area contributed by atoms with Gasteiger partial charge < -0.3 is 19.3 Å². The van der Waals surface area contributed by atoms with Crippen LogP contribution in [-0.4, -0.2) is 32.3 Å². The molecule has 0 fully saturated rings. The van der Waals surface area contributed by atoms with Crippen molar-refractivity contribution < 1.29 is 28.7 Å². The lowest BCUT2D eigenvalue weighted by Gasteiger charge is -2.13. The summed E-state index contributed by atoms with van der Waals surface area (Å²) in [4.78, 5) is 11.2. The van der Waals surface area contributed by atoms with Crippen molar-refractivity contribution in [1.29, 1.82) is 0 Å². The topological polar surface area (TPSA) is 96.4 Å². The van der Waals surface area contributed by atoms with E-state index in [4.69, 9.17) is 14.2 Å². The second-order valence-corrected chi connectivity index (χ2v) is 5.13. The number of rotatable bonds is 7. The first-order valence-electron chi connectivity index (χ1n) is 7.69. The molecule has 144 valence electrons. The summed E-state index contributed by atoms with van der Waals surface area (Å²) in [5, 5.41) is 19.3. The van der Waals surface area contributed by atoms with Crippen LogP contribution in [0.25, 0.3) is 0 Å². The molecule has 1 aromatic carbocycles. The van der Waals surface area contributed by atoms with Crippen molar-refractivity contribution in [2.24, 2.45) is 10.2 Å². The number of carbonyl (C=O) groups excluding carboxylic acids is 1. The molecule has 27 heavy (non-hydrogen) atoms. The summed E-state index contributed by atoms with van der Waals surface area (Å²) in [6.07, 6.45) is 4.91. The predicted molar refractivity (Wildman–Crippen MR) is 99.8 cm³/mol. The lowest BCUT2D eigenvalue weighted by atomic mass is 10.2. The quantitative estimate of drug-likeness (QED) is 0.175. The number of methoxy groups -OCH3 is 2. The maximum Gasteiger partial charge on any atom is 0.308 e. The Morgan fingerprint density at radius 2 is 1.74 bits per heavy atom. The Morgan fingerprint density at radius 3 is 2.26 bits per heavy atom. The number of hydrogen-bond acceptors (Lipinski definition) is 7. The van der Waals surface area contributed by atoms with Gasteiger partial charge in [-0.3, -0.25) is 4.79 Å². The van der Waals surface area contributed by atoms with Gasteiger partial charge in [0.1, 0.15) is 0 Å². The van der Waals surface area contributed by atoms with Crippen LogP contribution in [0.1, 0.15) is 12.5 Å². The van der Waals surface area contributed by atoms with E-state index in [2.05, 4.69) is 10.2 Å². The highest BCUT2D eigenvalue weighted by Gasteiger charge is 2.15. The largest absolute Gasteiger partial charge is 0.856 e. The standard InChI is InChI=1S/C18H19N3O5.ClH/c1-13(22)26-18-15(24-2)9-14(10-16(18)25-3)11-19-20-17(23)12-21-7-5-4-6-8-21;/h4-11H,12H2,1-3H3;1H/b19-11+;. The molecule has 0 amide bonds. The number of nitrogens with zero attached hydrogens (tertiary/aromatic N) is 3. The van der Waals surface area contributed by atoms with E-state index in [1.807, 2.05) is 18.2 Å². The fraction of sp³-hybridized carbons (Fsp3) is 0.222. The van der Waals surface area contributed by atoms with Crippen molar-refractivity contribution in [1.82, 2.24) is 0 Å². The van der Waals surface area contributed by atoms with E-state index in [0.29, 0.717) is 17.1 Å². The fourth-order valence-corrected chi connectivity index (χ4v) is 2.11. The lowest BCUT2D eigenvalue weighted by Crippen LogP contribution is -2.41. The molecule has 0 saturated heterocycles. The molecule has 9 heteroatoms. The minimum Gasteiger partial charge on any atom is -0.856 e. The number of benzene rings is 1. The molecule has 0 aliphatic rings. The van der Waals surface area contributed by atoms with Crippen molar-refractivity contribution >= 4 is 30.5 Å². The van der Waals surface area contributed by atoms with Crippen LogP contribution in [0.2, 0.25) is 0 Å². The smallest absolute Gasteiger partial charge is 0.308 e. The molecule has 0 bridgehead atoms. The average molecular weight is 394 g/mol. The van der Waals surface area contributed by atoms with Gasteiger partial charge in [0.25, 0.3) is 0 Å². The summed E-state index contributed by atoms with van der Waals surface area (Å²) in [6.45, 7) is 1.37. The number of pyridine rings is 1. The first-order valence-corrected chi connectivity index (χ1v) is 7.69. The molecule has 0 spiro atoms. The molecule has 0 radical (unpaired) electrons. The molecule has 0 atom stereocenters. The zero-order chi connectivity index (χ0) is 18.9. The van der Waals surface area contributed by atoms with E-state index >= 15 is 0 Å². The van der Waals surface area contributed by atoms with E-state index in [0.717, 1.165) is 0 Å². The first-order chi connectivity index (χ1) is 12.5. The summed E-state index contributed by atoms with van der Waals surface area (Å²) in [6, 6.07) is 8.68. The lowest BCUT2D eigenvalue weighted by molar-refractivity contribution is -0.687. The molecule has 8 nitrogen and oxygen atoms in total. The van der Waals surface area contributed by atoms with Crippen LogP contribution < -0.4 is 23.9 Å². The molecule has 0 unspecified atom stereocenters. The molecule has 2 aromatic rings. The zero-order valence-electron chi connectivity index (χ0n) is 15.1. The van der Waals surface area contributed by atoms with Crippen molar-refractivity contribution in [2.75, 3.05) is 14.2 Å². The predicted octanol–water partition coefficient (Wildman–Crippen LogP) is 1.13.